The van der Waals surface area contributed by atoms with Gasteiger partial charge in [0.1, 0.15) is 0 Å². The summed E-state index contributed by atoms with van der Waals surface area (Å²) in [6.07, 6.45) is 5.35. The molecule has 1 heterocycles. The van der Waals surface area contributed by atoms with E-state index in [0.717, 1.165) is 19.5 Å². The van der Waals surface area contributed by atoms with Crippen LogP contribution in [-0.2, 0) is 9.53 Å². The van der Waals surface area contributed by atoms with Gasteiger partial charge in [-0.05, 0) is 39.5 Å². The second-order valence-electron chi connectivity index (χ2n) is 6.76. The Morgan fingerprint density at radius 3 is 2.35 bits per heavy atom. The lowest BCUT2D eigenvalue weighted by molar-refractivity contribution is -0.133. The number of nitrogens with zero attached hydrogens (tertiary/aromatic N) is 1. The summed E-state index contributed by atoms with van der Waals surface area (Å²) in [5.74, 6) is 0.799. The number of amides is 1. The summed E-state index contributed by atoms with van der Waals surface area (Å²) in [6.45, 7) is 10.1. The standard InChI is InChI=1S/C16H30N2O2/c1-11-7-5-6-8-15(11)17-16(19)14(4)18-9-12(2)20-13(3)10-18/h11-15H,5-10H2,1-4H3,(H,17,19)/t11-,12-,13+,14-,15-/m1/s1. The van der Waals surface area contributed by atoms with Crippen molar-refractivity contribution in [3.63, 3.8) is 0 Å². The van der Waals surface area contributed by atoms with Gasteiger partial charge in [-0.1, -0.05) is 19.8 Å². The SMILES string of the molecule is C[C@@H]1CN([C@H](C)C(=O)N[C@@H]2CCCC[C@H]2C)C[C@H](C)O1. The first-order valence-corrected chi connectivity index (χ1v) is 8.17. The van der Waals surface area contributed by atoms with Crippen LogP contribution in [-0.4, -0.2) is 48.2 Å². The summed E-state index contributed by atoms with van der Waals surface area (Å²) in [6, 6.07) is 0.313. The van der Waals surface area contributed by atoms with Crippen molar-refractivity contribution in [2.45, 2.75) is 77.7 Å². The molecule has 1 saturated heterocycles. The van der Waals surface area contributed by atoms with E-state index in [1.54, 1.807) is 0 Å². The Labute approximate surface area is 123 Å². The Balaban J connectivity index is 1.87. The van der Waals surface area contributed by atoms with Gasteiger partial charge in [0, 0.05) is 19.1 Å². The molecule has 1 amide bonds. The zero-order valence-corrected chi connectivity index (χ0v) is 13.4. The molecule has 4 heteroatoms. The van der Waals surface area contributed by atoms with E-state index in [2.05, 4.69) is 31.0 Å². The normalized spacial score (nSPS) is 37.4. The minimum Gasteiger partial charge on any atom is -0.373 e. The van der Waals surface area contributed by atoms with Crippen molar-refractivity contribution in [2.75, 3.05) is 13.1 Å². The summed E-state index contributed by atoms with van der Waals surface area (Å²) in [7, 11) is 0. The quantitative estimate of drug-likeness (QED) is 0.862. The van der Waals surface area contributed by atoms with Crippen LogP contribution in [0, 0.1) is 5.92 Å². The molecule has 4 nitrogen and oxygen atoms in total. The van der Waals surface area contributed by atoms with Gasteiger partial charge in [-0.2, -0.15) is 0 Å². The van der Waals surface area contributed by atoms with Crippen LogP contribution in [0.25, 0.3) is 0 Å². The van der Waals surface area contributed by atoms with Crippen molar-refractivity contribution >= 4 is 5.91 Å². The minimum absolute atomic E-state index is 0.0575. The molecule has 2 aliphatic rings. The number of ether oxygens (including phenoxy) is 1. The van der Waals surface area contributed by atoms with Gasteiger partial charge in [0.25, 0.3) is 0 Å². The van der Waals surface area contributed by atoms with Crippen molar-refractivity contribution < 1.29 is 9.53 Å². The first-order chi connectivity index (χ1) is 9.47. The van der Waals surface area contributed by atoms with Gasteiger partial charge in [-0.15, -0.1) is 0 Å². The van der Waals surface area contributed by atoms with Gasteiger partial charge in [-0.3, -0.25) is 9.69 Å². The van der Waals surface area contributed by atoms with Crippen molar-refractivity contribution in [3.05, 3.63) is 0 Å². The van der Waals surface area contributed by atoms with Crippen LogP contribution in [0.4, 0.5) is 0 Å². The maximum atomic E-state index is 12.5. The first-order valence-electron chi connectivity index (χ1n) is 8.17. The monoisotopic (exact) mass is 282 g/mol. The van der Waals surface area contributed by atoms with Crippen LogP contribution in [0.15, 0.2) is 0 Å². The van der Waals surface area contributed by atoms with E-state index in [0.29, 0.717) is 12.0 Å². The molecule has 1 aliphatic carbocycles. The minimum atomic E-state index is -0.0575. The number of hydrogen-bond acceptors (Lipinski definition) is 3. The van der Waals surface area contributed by atoms with Crippen molar-refractivity contribution in [1.82, 2.24) is 10.2 Å². The third kappa shape index (κ3) is 3.95. The molecular formula is C16H30N2O2. The van der Waals surface area contributed by atoms with Crippen LogP contribution in [0.1, 0.15) is 53.4 Å². The molecule has 20 heavy (non-hydrogen) atoms. The average Bonchev–Trinajstić information content (AvgIpc) is 2.39. The summed E-state index contributed by atoms with van der Waals surface area (Å²) in [4.78, 5) is 14.7. The third-order valence-electron chi connectivity index (χ3n) is 4.81. The highest BCUT2D eigenvalue weighted by molar-refractivity contribution is 5.81. The zero-order valence-electron chi connectivity index (χ0n) is 13.4. The van der Waals surface area contributed by atoms with E-state index in [4.69, 9.17) is 4.74 Å². The molecule has 0 spiro atoms. The Kier molecular flexibility index (Phi) is 5.44. The number of morpholine rings is 1. The smallest absolute Gasteiger partial charge is 0.237 e. The number of nitrogens with one attached hydrogen (secondary N) is 1. The van der Waals surface area contributed by atoms with E-state index in [1.807, 2.05) is 6.92 Å². The lowest BCUT2D eigenvalue weighted by Crippen LogP contribution is -2.55. The van der Waals surface area contributed by atoms with Crippen molar-refractivity contribution in [1.29, 1.82) is 0 Å². The Bertz CT molecular complexity index is 324. The molecule has 1 N–H and O–H groups in total. The molecule has 5 atom stereocenters. The van der Waals surface area contributed by atoms with Crippen LogP contribution < -0.4 is 5.32 Å². The first kappa shape index (κ1) is 15.8. The second-order valence-corrected chi connectivity index (χ2v) is 6.76. The lowest BCUT2D eigenvalue weighted by atomic mass is 9.86. The number of hydrogen-bond donors (Lipinski definition) is 1. The number of carbonyl (C=O) groups excluding carboxylic acids is 1. The number of rotatable bonds is 3. The zero-order chi connectivity index (χ0) is 14.7. The maximum Gasteiger partial charge on any atom is 0.237 e. The number of carbonyl (C=O) groups is 1. The molecule has 0 aromatic heterocycles. The highest BCUT2D eigenvalue weighted by atomic mass is 16.5. The van der Waals surface area contributed by atoms with Crippen LogP contribution in [0.5, 0.6) is 0 Å². The summed E-state index contributed by atoms with van der Waals surface area (Å²) in [5.41, 5.74) is 0. The topological polar surface area (TPSA) is 41.6 Å². The fraction of sp³-hybridized carbons (Fsp3) is 0.938. The van der Waals surface area contributed by atoms with Gasteiger partial charge >= 0.3 is 0 Å². The fourth-order valence-electron chi connectivity index (χ4n) is 3.53. The molecular weight excluding hydrogens is 252 g/mol. The van der Waals surface area contributed by atoms with Crippen LogP contribution >= 0.6 is 0 Å². The summed E-state index contributed by atoms with van der Waals surface area (Å²) < 4.78 is 5.74. The van der Waals surface area contributed by atoms with Crippen LogP contribution in [0.3, 0.4) is 0 Å². The molecule has 0 unspecified atom stereocenters. The van der Waals surface area contributed by atoms with Crippen LogP contribution in [0.2, 0.25) is 0 Å². The molecule has 116 valence electrons. The molecule has 1 saturated carbocycles. The van der Waals surface area contributed by atoms with Gasteiger partial charge in [0.2, 0.25) is 5.91 Å². The van der Waals surface area contributed by atoms with Gasteiger partial charge in [-0.25, -0.2) is 0 Å². The molecule has 2 fully saturated rings. The highest BCUT2D eigenvalue weighted by Crippen LogP contribution is 2.24. The third-order valence-corrected chi connectivity index (χ3v) is 4.81. The second kappa shape index (κ2) is 6.90. The molecule has 2 rings (SSSR count). The molecule has 0 radical (unpaired) electrons. The Morgan fingerprint density at radius 1 is 1.15 bits per heavy atom. The van der Waals surface area contributed by atoms with Gasteiger partial charge < -0.3 is 10.1 Å². The predicted octanol–water partition coefficient (Wildman–Crippen LogP) is 2.18. The Hall–Kier alpha value is -0.610. The highest BCUT2D eigenvalue weighted by Gasteiger charge is 2.31. The molecule has 1 aliphatic heterocycles. The molecule has 0 aromatic carbocycles. The van der Waals surface area contributed by atoms with Gasteiger partial charge in [0.05, 0.1) is 18.2 Å². The summed E-state index contributed by atoms with van der Waals surface area (Å²) >= 11 is 0. The summed E-state index contributed by atoms with van der Waals surface area (Å²) in [5, 5.41) is 3.27. The largest absolute Gasteiger partial charge is 0.373 e. The lowest BCUT2D eigenvalue weighted by Gasteiger charge is -2.39. The van der Waals surface area contributed by atoms with E-state index in [-0.39, 0.29) is 24.2 Å². The van der Waals surface area contributed by atoms with E-state index >= 15 is 0 Å². The van der Waals surface area contributed by atoms with E-state index < -0.39 is 0 Å². The fourth-order valence-corrected chi connectivity index (χ4v) is 3.53. The van der Waals surface area contributed by atoms with Crippen molar-refractivity contribution in [2.24, 2.45) is 5.92 Å². The average molecular weight is 282 g/mol. The van der Waals surface area contributed by atoms with E-state index in [1.165, 1.54) is 19.3 Å². The maximum absolute atomic E-state index is 12.5. The van der Waals surface area contributed by atoms with Crippen molar-refractivity contribution in [3.8, 4) is 0 Å². The van der Waals surface area contributed by atoms with E-state index in [9.17, 15) is 4.79 Å². The molecule has 0 bridgehead atoms. The molecule has 0 aromatic rings. The van der Waals surface area contributed by atoms with Gasteiger partial charge in [0.15, 0.2) is 0 Å². The predicted molar refractivity (Wildman–Crippen MR) is 80.6 cm³/mol. The Morgan fingerprint density at radius 2 is 1.75 bits per heavy atom.